The minimum absolute atomic E-state index is 0.00734. The molecule has 0 spiro atoms. The van der Waals surface area contributed by atoms with Gasteiger partial charge in [-0.05, 0) is 67.7 Å². The van der Waals surface area contributed by atoms with Crippen LogP contribution in [-0.4, -0.2) is 47.5 Å². The largest absolute Gasteiger partial charge is 0.360 e. The maximum Gasteiger partial charge on any atom is 0.239 e. The lowest BCUT2D eigenvalue weighted by atomic mass is 9.79. The summed E-state index contributed by atoms with van der Waals surface area (Å²) in [6, 6.07) is 19.4. The van der Waals surface area contributed by atoms with Gasteiger partial charge in [-0.2, -0.15) is 5.26 Å². The van der Waals surface area contributed by atoms with Crippen LogP contribution in [0.2, 0.25) is 0 Å². The summed E-state index contributed by atoms with van der Waals surface area (Å²) in [5.41, 5.74) is 3.20. The molecule has 2 heterocycles. The second-order valence-corrected chi connectivity index (χ2v) is 9.66. The van der Waals surface area contributed by atoms with E-state index in [4.69, 9.17) is 0 Å². The molecular weight excluding hydrogens is 422 g/mol. The smallest absolute Gasteiger partial charge is 0.239 e. The Labute approximate surface area is 201 Å². The van der Waals surface area contributed by atoms with Crippen molar-refractivity contribution in [3.63, 3.8) is 0 Å². The van der Waals surface area contributed by atoms with Crippen LogP contribution < -0.4 is 10.6 Å². The Hall–Kier alpha value is -3.43. The molecule has 34 heavy (non-hydrogen) atoms. The average Bonchev–Trinajstić information content (AvgIpc) is 2.85. The number of carbonyl (C=O) groups is 1. The topological polar surface area (TPSA) is 81.1 Å². The lowest BCUT2D eigenvalue weighted by Crippen LogP contribution is -2.63. The van der Waals surface area contributed by atoms with Gasteiger partial charge >= 0.3 is 0 Å². The van der Waals surface area contributed by atoms with Gasteiger partial charge in [0, 0.05) is 30.7 Å². The second-order valence-electron chi connectivity index (χ2n) is 9.66. The average molecular weight is 454 g/mol. The van der Waals surface area contributed by atoms with Gasteiger partial charge in [-0.1, -0.05) is 35.9 Å². The van der Waals surface area contributed by atoms with E-state index in [1.807, 2.05) is 24.3 Å². The van der Waals surface area contributed by atoms with E-state index in [2.05, 4.69) is 57.8 Å². The lowest BCUT2D eigenvalue weighted by Gasteiger charge is -2.46. The normalized spacial score (nSPS) is 20.9. The molecule has 2 fully saturated rings. The van der Waals surface area contributed by atoms with Gasteiger partial charge in [0.2, 0.25) is 5.91 Å². The van der Waals surface area contributed by atoms with E-state index in [0.29, 0.717) is 12.0 Å². The molecule has 0 radical (unpaired) electrons. The van der Waals surface area contributed by atoms with Crippen molar-refractivity contribution in [1.29, 1.82) is 5.26 Å². The number of nitrogens with zero attached hydrogens (tertiary/aromatic N) is 3. The molecule has 1 saturated carbocycles. The fourth-order valence-electron chi connectivity index (χ4n) is 5.47. The van der Waals surface area contributed by atoms with Crippen LogP contribution in [0.4, 0.5) is 5.82 Å². The first-order chi connectivity index (χ1) is 16.6. The first-order valence-electron chi connectivity index (χ1n) is 12.2. The predicted octanol–water partition coefficient (Wildman–Crippen LogP) is 4.35. The van der Waals surface area contributed by atoms with E-state index < -0.39 is 0 Å². The number of pyridine rings is 1. The van der Waals surface area contributed by atoms with Crippen LogP contribution in [0.5, 0.6) is 0 Å². The highest BCUT2D eigenvalue weighted by Crippen LogP contribution is 2.37. The summed E-state index contributed by atoms with van der Waals surface area (Å²) in [4.78, 5) is 19.4. The number of benzene rings is 2. The van der Waals surface area contributed by atoms with Crippen LogP contribution >= 0.6 is 0 Å². The molecule has 3 aromatic rings. The summed E-state index contributed by atoms with van der Waals surface area (Å²) < 4.78 is 0. The Bertz CT molecular complexity index is 1220. The van der Waals surface area contributed by atoms with Crippen molar-refractivity contribution in [3.05, 3.63) is 71.4 Å². The molecular formula is C28H31N5O. The van der Waals surface area contributed by atoms with Crippen molar-refractivity contribution in [2.24, 2.45) is 0 Å². The highest BCUT2D eigenvalue weighted by Gasteiger charge is 2.35. The molecule has 6 heteroatoms. The molecule has 1 saturated heterocycles. The summed E-state index contributed by atoms with van der Waals surface area (Å²) in [6.07, 6.45) is 6.32. The first-order valence-corrected chi connectivity index (χ1v) is 12.2. The number of carbonyl (C=O) groups excluding carboxylic acids is 1. The van der Waals surface area contributed by atoms with E-state index in [0.717, 1.165) is 60.9 Å². The van der Waals surface area contributed by atoms with Gasteiger partial charge in [0.05, 0.1) is 24.2 Å². The standard InChI is InChI=1S/C28H31N5O/c1-19-6-7-21-12-13-30-28(26(21)14-19)31-16-27(34)32-23-17-33(18-23)24-10-8-20(9-11-24)25-5-3-2-4-22(25)15-29/h2-7,12-14,20,23-24H,8-11,16-18H2,1H3,(H,30,31)(H,32,34). The number of fused-ring (bicyclic) bond motifs is 1. The molecule has 5 rings (SSSR count). The Kier molecular flexibility index (Phi) is 6.46. The number of amides is 1. The molecule has 1 aliphatic carbocycles. The van der Waals surface area contributed by atoms with Gasteiger partial charge in [0.25, 0.3) is 0 Å². The molecule has 2 N–H and O–H groups in total. The summed E-state index contributed by atoms with van der Waals surface area (Å²) in [6.45, 7) is 4.12. The van der Waals surface area contributed by atoms with Crippen molar-refractivity contribution in [2.75, 3.05) is 25.0 Å². The van der Waals surface area contributed by atoms with Crippen molar-refractivity contribution in [3.8, 4) is 6.07 Å². The number of aryl methyl sites for hydroxylation is 1. The zero-order valence-corrected chi connectivity index (χ0v) is 19.6. The minimum atomic E-state index is 0.00734. The van der Waals surface area contributed by atoms with Crippen molar-refractivity contribution >= 4 is 22.5 Å². The quantitative estimate of drug-likeness (QED) is 0.580. The summed E-state index contributed by atoms with van der Waals surface area (Å²) in [5.74, 6) is 1.25. The number of hydrogen-bond acceptors (Lipinski definition) is 5. The molecule has 0 bridgehead atoms. The zero-order valence-electron chi connectivity index (χ0n) is 19.6. The van der Waals surface area contributed by atoms with Gasteiger partial charge in [-0.3, -0.25) is 9.69 Å². The summed E-state index contributed by atoms with van der Waals surface area (Å²) >= 11 is 0. The minimum Gasteiger partial charge on any atom is -0.360 e. The molecule has 2 aromatic carbocycles. The van der Waals surface area contributed by atoms with E-state index in [1.165, 1.54) is 11.1 Å². The summed E-state index contributed by atoms with van der Waals surface area (Å²) in [5, 5.41) is 17.9. The Morgan fingerprint density at radius 2 is 1.91 bits per heavy atom. The number of rotatable bonds is 6. The van der Waals surface area contributed by atoms with E-state index in [1.54, 1.807) is 6.20 Å². The molecule has 2 aliphatic rings. The third-order valence-electron chi connectivity index (χ3n) is 7.35. The fourth-order valence-corrected chi connectivity index (χ4v) is 5.47. The number of hydrogen-bond donors (Lipinski definition) is 2. The highest BCUT2D eigenvalue weighted by atomic mass is 16.2. The molecule has 1 aliphatic heterocycles. The Morgan fingerprint density at radius 1 is 1.12 bits per heavy atom. The van der Waals surface area contributed by atoms with E-state index in [9.17, 15) is 10.1 Å². The maximum absolute atomic E-state index is 12.5. The van der Waals surface area contributed by atoms with E-state index >= 15 is 0 Å². The highest BCUT2D eigenvalue weighted by molar-refractivity contribution is 5.93. The van der Waals surface area contributed by atoms with Crippen LogP contribution in [0.25, 0.3) is 10.8 Å². The molecule has 0 unspecified atom stereocenters. The summed E-state index contributed by atoms with van der Waals surface area (Å²) in [7, 11) is 0. The van der Waals surface area contributed by atoms with Crippen LogP contribution in [0.3, 0.4) is 0 Å². The van der Waals surface area contributed by atoms with Crippen LogP contribution in [0.15, 0.2) is 54.7 Å². The number of nitrogens with one attached hydrogen (secondary N) is 2. The van der Waals surface area contributed by atoms with Crippen molar-refractivity contribution in [1.82, 2.24) is 15.2 Å². The van der Waals surface area contributed by atoms with Gasteiger partial charge < -0.3 is 10.6 Å². The molecule has 1 aromatic heterocycles. The van der Waals surface area contributed by atoms with Gasteiger partial charge in [-0.15, -0.1) is 0 Å². The number of anilines is 1. The van der Waals surface area contributed by atoms with Crippen LogP contribution in [0.1, 0.15) is 48.3 Å². The van der Waals surface area contributed by atoms with Gasteiger partial charge in [0.1, 0.15) is 5.82 Å². The fraction of sp³-hybridized carbons (Fsp3) is 0.393. The third kappa shape index (κ3) is 4.76. The first kappa shape index (κ1) is 22.4. The molecule has 1 amide bonds. The zero-order chi connectivity index (χ0) is 23.5. The second kappa shape index (κ2) is 9.82. The van der Waals surface area contributed by atoms with Crippen molar-refractivity contribution < 1.29 is 4.79 Å². The van der Waals surface area contributed by atoms with Crippen LogP contribution in [-0.2, 0) is 4.79 Å². The monoisotopic (exact) mass is 453 g/mol. The van der Waals surface area contributed by atoms with Gasteiger partial charge in [0.15, 0.2) is 0 Å². The molecule has 6 nitrogen and oxygen atoms in total. The SMILES string of the molecule is Cc1ccc2ccnc(NCC(=O)NC3CN(C4CCC(c5ccccc5C#N)CC4)C3)c2c1. The Balaban J connectivity index is 1.07. The lowest BCUT2D eigenvalue weighted by molar-refractivity contribution is -0.121. The Morgan fingerprint density at radius 3 is 2.71 bits per heavy atom. The van der Waals surface area contributed by atoms with Crippen molar-refractivity contribution in [2.45, 2.75) is 50.6 Å². The number of aromatic nitrogens is 1. The molecule has 174 valence electrons. The third-order valence-corrected chi connectivity index (χ3v) is 7.35. The maximum atomic E-state index is 12.5. The number of likely N-dealkylation sites (tertiary alicyclic amines) is 1. The molecule has 0 atom stereocenters. The van der Waals surface area contributed by atoms with Gasteiger partial charge in [-0.25, -0.2) is 4.98 Å². The van der Waals surface area contributed by atoms with Crippen LogP contribution in [0, 0.1) is 18.3 Å². The predicted molar refractivity (Wildman–Crippen MR) is 135 cm³/mol. The number of nitriles is 1. The van der Waals surface area contributed by atoms with E-state index in [-0.39, 0.29) is 18.5 Å².